The van der Waals surface area contributed by atoms with Gasteiger partial charge in [0.05, 0.1) is 19.8 Å². The predicted molar refractivity (Wildman–Crippen MR) is 72.5 cm³/mol. The lowest BCUT2D eigenvalue weighted by atomic mass is 9.83. The second-order valence-electron chi connectivity index (χ2n) is 4.97. The Labute approximate surface area is 121 Å². The molecule has 0 aromatic heterocycles. The van der Waals surface area contributed by atoms with Crippen LogP contribution >= 0.6 is 0 Å². The van der Waals surface area contributed by atoms with Crippen molar-refractivity contribution in [3.05, 3.63) is 29.8 Å². The highest BCUT2D eigenvalue weighted by molar-refractivity contribution is 5.79. The molecule has 0 radical (unpaired) electrons. The lowest BCUT2D eigenvalue weighted by Crippen LogP contribution is -2.54. The molecule has 0 aliphatic carbocycles. The average molecular weight is 295 g/mol. The van der Waals surface area contributed by atoms with E-state index in [0.717, 1.165) is 10.5 Å². The summed E-state index contributed by atoms with van der Waals surface area (Å²) < 4.78 is 5.05. The lowest BCUT2D eigenvalue weighted by Gasteiger charge is -2.38. The van der Waals surface area contributed by atoms with E-state index in [1.807, 2.05) is 0 Å². The van der Waals surface area contributed by atoms with Crippen LogP contribution in [0.4, 0.5) is 4.79 Å². The molecule has 1 amide bonds. The van der Waals surface area contributed by atoms with Gasteiger partial charge in [-0.2, -0.15) is 0 Å². The first-order chi connectivity index (χ1) is 9.93. The van der Waals surface area contributed by atoms with E-state index in [1.165, 1.54) is 7.11 Å². The number of amides is 1. The molecule has 1 aromatic carbocycles. The van der Waals surface area contributed by atoms with E-state index >= 15 is 0 Å². The Balaban J connectivity index is 2.24. The molecule has 1 aliphatic heterocycles. The maximum Gasteiger partial charge on any atom is 0.408 e. The summed E-state index contributed by atoms with van der Waals surface area (Å²) in [6, 6.07) is 5.80. The van der Waals surface area contributed by atoms with Gasteiger partial charge >= 0.3 is 12.1 Å². The number of aliphatic hydroxyl groups excluding tert-OH is 1. The zero-order valence-corrected chi connectivity index (χ0v) is 11.5. The summed E-state index contributed by atoms with van der Waals surface area (Å²) in [5.74, 6) is -0.971. The summed E-state index contributed by atoms with van der Waals surface area (Å²) in [5.41, 5.74) is 0.764. The number of carboxylic acid groups (broad SMARTS) is 2. The molecule has 7 nitrogen and oxygen atoms in total. The van der Waals surface area contributed by atoms with Gasteiger partial charge in [-0.05, 0) is 24.1 Å². The van der Waals surface area contributed by atoms with Crippen molar-refractivity contribution in [2.75, 3.05) is 13.7 Å². The Morgan fingerprint density at radius 1 is 1.24 bits per heavy atom. The molecule has 0 spiro atoms. The number of β-amino-alcohol motifs (C(OH)–C–C–N with tert-alkyl or cyclic N) is 1. The van der Waals surface area contributed by atoms with Crippen LogP contribution in [0.3, 0.4) is 0 Å². The summed E-state index contributed by atoms with van der Waals surface area (Å²) in [6.07, 6.45) is -2.24. The molecule has 3 N–H and O–H groups in total. The van der Waals surface area contributed by atoms with E-state index in [9.17, 15) is 19.8 Å². The number of nitrogens with zero attached hydrogens (tertiary/aromatic N) is 1. The summed E-state index contributed by atoms with van der Waals surface area (Å²) in [5, 5.41) is 28.4. The number of hydrogen-bond donors (Lipinski definition) is 3. The van der Waals surface area contributed by atoms with Gasteiger partial charge in [0.2, 0.25) is 0 Å². The highest BCUT2D eigenvalue weighted by Gasteiger charge is 2.41. The van der Waals surface area contributed by atoms with Gasteiger partial charge in [-0.15, -0.1) is 0 Å². The molecule has 114 valence electrons. The van der Waals surface area contributed by atoms with E-state index in [1.54, 1.807) is 24.3 Å². The van der Waals surface area contributed by atoms with Crippen molar-refractivity contribution in [3.63, 3.8) is 0 Å². The van der Waals surface area contributed by atoms with Gasteiger partial charge in [-0.3, -0.25) is 4.90 Å². The van der Waals surface area contributed by atoms with E-state index in [4.69, 9.17) is 9.84 Å². The predicted octanol–water partition coefficient (Wildman–Crippen LogP) is 0.977. The number of likely N-dealkylation sites (tertiary alicyclic amines) is 1. The minimum absolute atomic E-state index is 0.0368. The number of rotatable bonds is 3. The molecule has 21 heavy (non-hydrogen) atoms. The van der Waals surface area contributed by atoms with Crippen molar-refractivity contribution >= 4 is 12.1 Å². The van der Waals surface area contributed by atoms with Crippen LogP contribution in [-0.2, 0) is 4.79 Å². The van der Waals surface area contributed by atoms with Crippen molar-refractivity contribution in [3.8, 4) is 5.75 Å². The van der Waals surface area contributed by atoms with Crippen LogP contribution in [0.15, 0.2) is 24.3 Å². The number of carbonyl (C=O) groups is 2. The molecule has 1 saturated heterocycles. The summed E-state index contributed by atoms with van der Waals surface area (Å²) >= 11 is 0. The van der Waals surface area contributed by atoms with Crippen molar-refractivity contribution < 1.29 is 29.6 Å². The molecular formula is C14H17NO6. The fraction of sp³-hybridized carbons (Fsp3) is 0.429. The third-order valence-corrected chi connectivity index (χ3v) is 3.78. The van der Waals surface area contributed by atoms with Crippen LogP contribution < -0.4 is 4.74 Å². The molecule has 1 aliphatic rings. The second kappa shape index (κ2) is 6.01. The number of ether oxygens (including phenoxy) is 1. The second-order valence-corrected chi connectivity index (χ2v) is 4.97. The number of benzene rings is 1. The topological polar surface area (TPSA) is 107 Å². The number of aliphatic hydroxyl groups is 1. The first kappa shape index (κ1) is 15.1. The minimum atomic E-state index is -1.34. The molecule has 0 saturated carbocycles. The summed E-state index contributed by atoms with van der Waals surface area (Å²) in [7, 11) is 1.54. The van der Waals surface area contributed by atoms with E-state index in [-0.39, 0.29) is 13.0 Å². The molecular weight excluding hydrogens is 278 g/mol. The largest absolute Gasteiger partial charge is 0.497 e. The fourth-order valence-corrected chi connectivity index (χ4v) is 2.64. The molecule has 1 fully saturated rings. The number of hydrogen-bond acceptors (Lipinski definition) is 4. The van der Waals surface area contributed by atoms with Gasteiger partial charge < -0.3 is 20.1 Å². The first-order valence-corrected chi connectivity index (χ1v) is 6.48. The maximum absolute atomic E-state index is 11.2. The van der Waals surface area contributed by atoms with Gasteiger partial charge in [0.25, 0.3) is 0 Å². The quantitative estimate of drug-likeness (QED) is 0.767. The zero-order valence-electron chi connectivity index (χ0n) is 11.5. The number of carboxylic acids is 1. The molecule has 3 atom stereocenters. The Kier molecular flexibility index (Phi) is 4.32. The minimum Gasteiger partial charge on any atom is -0.497 e. The van der Waals surface area contributed by atoms with Gasteiger partial charge in [0.15, 0.2) is 0 Å². The smallest absolute Gasteiger partial charge is 0.408 e. The molecule has 0 bridgehead atoms. The van der Waals surface area contributed by atoms with Crippen molar-refractivity contribution in [1.82, 2.24) is 4.90 Å². The Morgan fingerprint density at radius 3 is 2.33 bits per heavy atom. The lowest BCUT2D eigenvalue weighted by molar-refractivity contribution is -0.145. The van der Waals surface area contributed by atoms with E-state index in [2.05, 4.69) is 0 Å². The van der Waals surface area contributed by atoms with Crippen LogP contribution in [0, 0.1) is 0 Å². The maximum atomic E-state index is 11.2. The molecule has 2 rings (SSSR count). The Hall–Kier alpha value is -2.28. The molecule has 1 aromatic rings. The highest BCUT2D eigenvalue weighted by Crippen LogP contribution is 2.33. The van der Waals surface area contributed by atoms with Gasteiger partial charge in [0, 0.05) is 5.92 Å². The number of methoxy groups -OCH3 is 1. The molecule has 0 unspecified atom stereocenters. The highest BCUT2D eigenvalue weighted by atomic mass is 16.5. The third-order valence-electron chi connectivity index (χ3n) is 3.78. The third kappa shape index (κ3) is 3.08. The normalized spacial score (nSPS) is 25.4. The van der Waals surface area contributed by atoms with Gasteiger partial charge in [-0.1, -0.05) is 12.1 Å². The number of piperidine rings is 1. The van der Waals surface area contributed by atoms with Crippen molar-refractivity contribution in [2.45, 2.75) is 24.5 Å². The van der Waals surface area contributed by atoms with Crippen LogP contribution in [0.25, 0.3) is 0 Å². The van der Waals surface area contributed by atoms with Crippen molar-refractivity contribution in [1.29, 1.82) is 0 Å². The average Bonchev–Trinajstić information content (AvgIpc) is 2.46. The van der Waals surface area contributed by atoms with Gasteiger partial charge in [0.1, 0.15) is 11.8 Å². The van der Waals surface area contributed by atoms with E-state index < -0.39 is 30.1 Å². The van der Waals surface area contributed by atoms with Crippen molar-refractivity contribution in [2.24, 2.45) is 0 Å². The van der Waals surface area contributed by atoms with E-state index in [0.29, 0.717) is 5.75 Å². The first-order valence-electron chi connectivity index (χ1n) is 6.48. The Bertz CT molecular complexity index is 529. The summed E-state index contributed by atoms with van der Waals surface area (Å²) in [6.45, 7) is -0.219. The van der Waals surface area contributed by atoms with Crippen LogP contribution in [-0.4, -0.2) is 58.1 Å². The number of aliphatic carboxylic acids is 1. The Morgan fingerprint density at radius 2 is 1.86 bits per heavy atom. The molecule has 1 heterocycles. The SMILES string of the molecule is COc1ccc([C@H]2C[C@@H](C(=O)O)N(C(=O)O)C[C@@H]2O)cc1. The monoisotopic (exact) mass is 295 g/mol. The standard InChI is InChI=1S/C14H17NO6/c1-21-9-4-2-8(3-5-9)10-6-11(13(17)18)15(14(19)20)7-12(10)16/h2-5,10-12,16H,6-7H2,1H3,(H,17,18)(H,19,20)/t10-,11+,12+/m1/s1. The zero-order chi connectivity index (χ0) is 15.6. The fourth-order valence-electron chi connectivity index (χ4n) is 2.64. The van der Waals surface area contributed by atoms with Crippen LogP contribution in [0.5, 0.6) is 5.75 Å². The molecule has 7 heteroatoms. The van der Waals surface area contributed by atoms with Crippen LogP contribution in [0.1, 0.15) is 17.9 Å². The van der Waals surface area contributed by atoms with Crippen LogP contribution in [0.2, 0.25) is 0 Å². The summed E-state index contributed by atoms with van der Waals surface area (Å²) in [4.78, 5) is 23.1. The van der Waals surface area contributed by atoms with Gasteiger partial charge in [-0.25, -0.2) is 9.59 Å².